The van der Waals surface area contributed by atoms with Crippen LogP contribution in [0.15, 0.2) is 71.6 Å². The van der Waals surface area contributed by atoms with Crippen molar-refractivity contribution in [3.8, 4) is 11.5 Å². The highest BCUT2D eigenvalue weighted by Crippen LogP contribution is 2.34. The molecule has 5 rings (SSSR count). The zero-order valence-corrected chi connectivity index (χ0v) is 28.8. The van der Waals surface area contributed by atoms with E-state index in [0.717, 1.165) is 6.07 Å². The quantitative estimate of drug-likeness (QED) is 0.232. The number of ether oxygens (including phenoxy) is 3. The number of rotatable bonds is 9. The van der Waals surface area contributed by atoms with Gasteiger partial charge in [0.1, 0.15) is 22.8 Å². The van der Waals surface area contributed by atoms with Gasteiger partial charge in [0.2, 0.25) is 0 Å². The summed E-state index contributed by atoms with van der Waals surface area (Å²) in [5.74, 6) is -0.449. The summed E-state index contributed by atoms with van der Waals surface area (Å²) in [6.45, 7) is 8.31. The van der Waals surface area contributed by atoms with Gasteiger partial charge < -0.3 is 28.9 Å². The predicted molar refractivity (Wildman–Crippen MR) is 183 cm³/mol. The normalized spacial score (nSPS) is 15.8. The fourth-order valence-corrected chi connectivity index (χ4v) is 6.67. The summed E-state index contributed by atoms with van der Waals surface area (Å²) in [5.41, 5.74) is -0.0961. The van der Waals surface area contributed by atoms with Crippen molar-refractivity contribution in [2.45, 2.75) is 50.2 Å². The van der Waals surface area contributed by atoms with Crippen molar-refractivity contribution < 1.29 is 37.1 Å². The standard InChI is InChI=1S/C34H41N5O9S/c1-34(2,3)48-33(41)38-18-16-37(17-19-38)25-10-12-28(31(22-25)47-26-8-6-5-7-9-26)32(40)35-49(44,45)27-11-13-29(30(23-27)39(42)43)36(4)24-14-20-46-21-15-24/h5-13,22-24H,14-21H2,1-4H3,(H,35,40). The van der Waals surface area contributed by atoms with E-state index in [9.17, 15) is 28.1 Å². The molecule has 2 heterocycles. The summed E-state index contributed by atoms with van der Waals surface area (Å²) >= 11 is 0. The molecule has 0 saturated carbocycles. The van der Waals surface area contributed by atoms with E-state index < -0.39 is 37.0 Å². The minimum Gasteiger partial charge on any atom is -0.456 e. The molecule has 2 aliphatic heterocycles. The second-order valence-electron chi connectivity index (χ2n) is 12.8. The van der Waals surface area contributed by atoms with E-state index in [1.807, 2.05) is 25.7 Å². The van der Waals surface area contributed by atoms with Crippen LogP contribution in [0.2, 0.25) is 0 Å². The van der Waals surface area contributed by atoms with Crippen molar-refractivity contribution in [2.24, 2.45) is 0 Å². The van der Waals surface area contributed by atoms with Crippen LogP contribution in [-0.4, -0.2) is 88.3 Å². The largest absolute Gasteiger partial charge is 0.456 e. The minimum atomic E-state index is -4.54. The molecule has 15 heteroatoms. The topological polar surface area (TPSA) is 161 Å². The second kappa shape index (κ2) is 14.7. The molecular weight excluding hydrogens is 654 g/mol. The summed E-state index contributed by atoms with van der Waals surface area (Å²) < 4.78 is 45.9. The molecular formula is C34H41N5O9S. The average molecular weight is 696 g/mol. The Morgan fingerprint density at radius 2 is 1.65 bits per heavy atom. The number of amides is 2. The molecule has 2 saturated heterocycles. The fraction of sp³-hybridized carbons (Fsp3) is 0.412. The van der Waals surface area contributed by atoms with Crippen LogP contribution in [0.3, 0.4) is 0 Å². The average Bonchev–Trinajstić information content (AvgIpc) is 3.07. The monoisotopic (exact) mass is 695 g/mol. The summed E-state index contributed by atoms with van der Waals surface area (Å²) in [6.07, 6.45) is 0.969. The Balaban J connectivity index is 1.37. The zero-order valence-electron chi connectivity index (χ0n) is 28.0. The number of anilines is 2. The maximum Gasteiger partial charge on any atom is 0.410 e. The Morgan fingerprint density at radius 3 is 2.29 bits per heavy atom. The summed E-state index contributed by atoms with van der Waals surface area (Å²) in [4.78, 5) is 42.5. The lowest BCUT2D eigenvalue weighted by atomic mass is 10.1. The molecule has 3 aromatic carbocycles. The van der Waals surface area contributed by atoms with Crippen LogP contribution in [0.1, 0.15) is 44.0 Å². The first kappa shape index (κ1) is 35.4. The molecule has 1 N–H and O–H groups in total. The third kappa shape index (κ3) is 8.78. The Kier molecular flexibility index (Phi) is 10.6. The van der Waals surface area contributed by atoms with Gasteiger partial charge in [0.25, 0.3) is 21.6 Å². The van der Waals surface area contributed by atoms with Gasteiger partial charge in [0, 0.05) is 70.3 Å². The van der Waals surface area contributed by atoms with Crippen LogP contribution in [0.5, 0.6) is 11.5 Å². The molecule has 0 radical (unpaired) electrons. The van der Waals surface area contributed by atoms with Gasteiger partial charge in [-0.05, 0) is 70.0 Å². The van der Waals surface area contributed by atoms with Crippen molar-refractivity contribution >= 4 is 39.1 Å². The van der Waals surface area contributed by atoms with Crippen molar-refractivity contribution in [1.82, 2.24) is 9.62 Å². The number of carbonyl (C=O) groups is 2. The first-order valence-electron chi connectivity index (χ1n) is 16.0. The Labute approximate surface area is 285 Å². The number of para-hydroxylation sites is 1. The number of hydrogen-bond donors (Lipinski definition) is 1. The number of carbonyl (C=O) groups excluding carboxylic acids is 2. The molecule has 2 aliphatic rings. The third-order valence-corrected chi connectivity index (χ3v) is 9.61. The lowest BCUT2D eigenvalue weighted by Crippen LogP contribution is -2.50. The molecule has 2 amide bonds. The Bertz CT molecular complexity index is 1780. The molecule has 3 aromatic rings. The van der Waals surface area contributed by atoms with E-state index >= 15 is 0 Å². The van der Waals surface area contributed by atoms with Gasteiger partial charge in [0.15, 0.2) is 0 Å². The first-order valence-corrected chi connectivity index (χ1v) is 17.5. The molecule has 0 bridgehead atoms. The molecule has 14 nitrogen and oxygen atoms in total. The highest BCUT2D eigenvalue weighted by molar-refractivity contribution is 7.90. The van der Waals surface area contributed by atoms with Gasteiger partial charge in [-0.3, -0.25) is 14.9 Å². The lowest BCUT2D eigenvalue weighted by Gasteiger charge is -2.37. The zero-order chi connectivity index (χ0) is 35.3. The summed E-state index contributed by atoms with van der Waals surface area (Å²) in [5, 5.41) is 12.0. The van der Waals surface area contributed by atoms with Crippen LogP contribution < -0.4 is 19.3 Å². The van der Waals surface area contributed by atoms with Crippen LogP contribution in [-0.2, 0) is 19.5 Å². The van der Waals surface area contributed by atoms with Crippen LogP contribution in [0.25, 0.3) is 0 Å². The van der Waals surface area contributed by atoms with Crippen molar-refractivity contribution in [3.05, 3.63) is 82.4 Å². The SMILES string of the molecule is CN(c1ccc(S(=O)(=O)NC(=O)c2ccc(N3CCN(C(=O)OC(C)(C)C)CC3)cc2Oc2ccccc2)cc1[N+](=O)[O-])C1CCOCC1. The third-order valence-electron chi connectivity index (χ3n) is 8.28. The molecule has 0 aromatic heterocycles. The number of nitrogens with zero attached hydrogens (tertiary/aromatic N) is 4. The maximum atomic E-state index is 13.6. The number of nitro benzene ring substituents is 1. The van der Waals surface area contributed by atoms with Crippen LogP contribution >= 0.6 is 0 Å². The Hall–Kier alpha value is -4.89. The molecule has 262 valence electrons. The number of hydrogen-bond acceptors (Lipinski definition) is 11. The molecule has 0 atom stereocenters. The van der Waals surface area contributed by atoms with Gasteiger partial charge in [-0.25, -0.2) is 17.9 Å². The maximum absolute atomic E-state index is 13.6. The van der Waals surface area contributed by atoms with Gasteiger partial charge >= 0.3 is 6.09 Å². The summed E-state index contributed by atoms with van der Waals surface area (Å²) in [7, 11) is -2.81. The molecule has 0 aliphatic carbocycles. The molecule has 2 fully saturated rings. The highest BCUT2D eigenvalue weighted by Gasteiger charge is 2.30. The minimum absolute atomic E-state index is 0.00512. The van der Waals surface area contributed by atoms with Gasteiger partial charge in [-0.1, -0.05) is 18.2 Å². The van der Waals surface area contributed by atoms with E-state index in [4.69, 9.17) is 14.2 Å². The molecule has 0 unspecified atom stereocenters. The molecule has 49 heavy (non-hydrogen) atoms. The smallest absolute Gasteiger partial charge is 0.410 e. The van der Waals surface area contributed by atoms with Crippen LogP contribution in [0.4, 0.5) is 21.9 Å². The van der Waals surface area contributed by atoms with E-state index in [1.165, 1.54) is 18.2 Å². The number of nitro groups is 1. The first-order chi connectivity index (χ1) is 23.2. The van der Waals surface area contributed by atoms with Gasteiger partial charge in [0.05, 0.1) is 15.4 Å². The van der Waals surface area contributed by atoms with Crippen LogP contribution in [0, 0.1) is 10.1 Å². The van der Waals surface area contributed by atoms with Crippen molar-refractivity contribution in [2.75, 3.05) is 56.2 Å². The lowest BCUT2D eigenvalue weighted by molar-refractivity contribution is -0.384. The number of nitrogens with one attached hydrogen (secondary N) is 1. The second-order valence-corrected chi connectivity index (χ2v) is 14.5. The van der Waals surface area contributed by atoms with E-state index in [2.05, 4.69) is 4.72 Å². The molecule has 0 spiro atoms. The highest BCUT2D eigenvalue weighted by atomic mass is 32.2. The van der Waals surface area contributed by atoms with Gasteiger partial charge in [-0.15, -0.1) is 0 Å². The van der Waals surface area contributed by atoms with E-state index in [-0.39, 0.29) is 29.1 Å². The summed E-state index contributed by atoms with van der Waals surface area (Å²) in [6, 6.07) is 17.1. The van der Waals surface area contributed by atoms with Crippen molar-refractivity contribution in [3.63, 3.8) is 0 Å². The van der Waals surface area contributed by atoms with E-state index in [1.54, 1.807) is 59.3 Å². The van der Waals surface area contributed by atoms with Crippen molar-refractivity contribution in [1.29, 1.82) is 0 Å². The number of benzene rings is 3. The fourth-order valence-electron chi connectivity index (χ4n) is 5.69. The number of sulfonamides is 1. The number of piperazine rings is 1. The Morgan fingerprint density at radius 1 is 0.980 bits per heavy atom. The predicted octanol–water partition coefficient (Wildman–Crippen LogP) is 5.18. The van der Waals surface area contributed by atoms with Gasteiger partial charge in [-0.2, -0.15) is 0 Å². The van der Waals surface area contributed by atoms with E-state index in [0.29, 0.717) is 63.7 Å².